The van der Waals surface area contributed by atoms with E-state index in [4.69, 9.17) is 9.47 Å². The van der Waals surface area contributed by atoms with Crippen molar-refractivity contribution in [1.29, 1.82) is 0 Å². The van der Waals surface area contributed by atoms with E-state index in [2.05, 4.69) is 23.8 Å². The van der Waals surface area contributed by atoms with Gasteiger partial charge in [0.25, 0.3) is 0 Å². The lowest BCUT2D eigenvalue weighted by Gasteiger charge is -2.59. The highest BCUT2D eigenvalue weighted by Crippen LogP contribution is 2.70. The third-order valence-corrected chi connectivity index (χ3v) is 12.2. The van der Waals surface area contributed by atoms with Crippen LogP contribution in [0.5, 0.6) is 0 Å². The normalized spacial score (nSPS) is 44.9. The molecule has 0 amide bonds. The Hall–Kier alpha value is -1.87. The average molecular weight is 551 g/mol. The van der Waals surface area contributed by atoms with Crippen LogP contribution in [0.4, 0.5) is 0 Å². The van der Waals surface area contributed by atoms with Crippen molar-refractivity contribution in [3.05, 3.63) is 42.3 Å². The van der Waals surface area contributed by atoms with Crippen molar-refractivity contribution in [3.63, 3.8) is 0 Å². The summed E-state index contributed by atoms with van der Waals surface area (Å²) in [5.74, 6) is 1.01. The summed E-state index contributed by atoms with van der Waals surface area (Å²) < 4.78 is 13.7. The Kier molecular flexibility index (Phi) is 6.23. The molecule has 5 aliphatic carbocycles. The second kappa shape index (κ2) is 9.33. The minimum atomic E-state index is -1.09. The van der Waals surface area contributed by atoms with Gasteiger partial charge in [0.05, 0.1) is 18.0 Å². The van der Waals surface area contributed by atoms with E-state index in [0.29, 0.717) is 17.5 Å². The summed E-state index contributed by atoms with van der Waals surface area (Å²) >= 11 is 1.35. The molecule has 2 heterocycles. The molecule has 1 aromatic heterocycles. The summed E-state index contributed by atoms with van der Waals surface area (Å²) in [6.07, 6.45) is 15.1. The van der Waals surface area contributed by atoms with Crippen molar-refractivity contribution < 1.29 is 24.2 Å². The van der Waals surface area contributed by atoms with Crippen molar-refractivity contribution in [3.8, 4) is 0 Å². The third kappa shape index (κ3) is 3.74. The van der Waals surface area contributed by atoms with E-state index in [1.807, 2.05) is 6.08 Å². The number of aromatic nitrogens is 2. The zero-order valence-electron chi connectivity index (χ0n) is 22.8. The molecule has 0 spiro atoms. The monoisotopic (exact) mass is 550 g/mol. The van der Waals surface area contributed by atoms with Gasteiger partial charge >= 0.3 is 0 Å². The van der Waals surface area contributed by atoms with E-state index in [0.717, 1.165) is 37.7 Å². The zero-order valence-corrected chi connectivity index (χ0v) is 23.6. The second-order valence-corrected chi connectivity index (χ2v) is 14.0. The number of carbonyl (C=O) groups is 2. The van der Waals surface area contributed by atoms with Crippen LogP contribution in [0.3, 0.4) is 0 Å². The number of nitrogens with zero attached hydrogens (tertiary/aromatic N) is 2. The molecule has 1 aliphatic heterocycles. The summed E-state index contributed by atoms with van der Waals surface area (Å²) in [5, 5.41) is 12.5. The Morgan fingerprint density at radius 3 is 2.72 bits per heavy atom. The number of rotatable bonds is 5. The van der Waals surface area contributed by atoms with Crippen molar-refractivity contribution in [1.82, 2.24) is 9.97 Å². The molecular weight excluding hydrogens is 512 g/mol. The maximum absolute atomic E-state index is 14.4. The Labute approximate surface area is 234 Å². The Bertz CT molecular complexity index is 1230. The number of ketones is 2. The standard InChI is InChI=1S/C31H38N2O5S/c1-29-11-10-20(34)14-19(29)8-9-21-22-15-25-31(30(22,2)16-23(35)26(21)29,38-27(37-25)18-6-3-4-7-18)24(36)17-39-28-32-12-5-13-33-28/h5,10-14,18,21-23,25-27,35H,3-4,6-9,15-17H2,1-2H3/t21?,22?,23-,25+,26?,27?,29?,30?,31+/m0/s1. The van der Waals surface area contributed by atoms with Gasteiger partial charge in [-0.25, -0.2) is 9.97 Å². The number of thioether (sulfide) groups is 1. The topological polar surface area (TPSA) is 98.6 Å². The molecule has 208 valence electrons. The highest BCUT2D eigenvalue weighted by Gasteiger charge is 2.76. The Balaban J connectivity index is 1.24. The van der Waals surface area contributed by atoms with Crippen LogP contribution in [0.1, 0.15) is 65.2 Å². The number of carbonyl (C=O) groups excluding carboxylic acids is 2. The predicted molar refractivity (Wildman–Crippen MR) is 146 cm³/mol. The molecule has 6 aliphatic rings. The smallest absolute Gasteiger partial charge is 0.187 e. The van der Waals surface area contributed by atoms with Crippen LogP contribution in [0, 0.1) is 34.5 Å². The van der Waals surface area contributed by atoms with Gasteiger partial charge in [-0.1, -0.05) is 50.1 Å². The van der Waals surface area contributed by atoms with Gasteiger partial charge in [0.1, 0.15) is 0 Å². The van der Waals surface area contributed by atoms with E-state index in [9.17, 15) is 14.7 Å². The van der Waals surface area contributed by atoms with Crippen LogP contribution in [0.2, 0.25) is 0 Å². The second-order valence-electron chi connectivity index (χ2n) is 13.1. The predicted octanol–water partition coefficient (Wildman–Crippen LogP) is 4.70. The molecule has 4 saturated carbocycles. The number of fused-ring (bicyclic) bond motifs is 7. The van der Waals surface area contributed by atoms with Gasteiger partial charge in [-0.3, -0.25) is 9.59 Å². The lowest BCUT2D eigenvalue weighted by atomic mass is 9.46. The number of ether oxygens (including phenoxy) is 2. The molecule has 9 atom stereocenters. The molecule has 6 unspecified atom stereocenters. The number of allylic oxidation sites excluding steroid dienone is 4. The number of hydrogen-bond donors (Lipinski definition) is 1. The van der Waals surface area contributed by atoms with E-state index in [-0.39, 0.29) is 52.9 Å². The Morgan fingerprint density at radius 2 is 1.95 bits per heavy atom. The highest BCUT2D eigenvalue weighted by molar-refractivity contribution is 7.99. The molecule has 0 radical (unpaired) electrons. The van der Waals surface area contributed by atoms with Crippen LogP contribution in [0.15, 0.2) is 47.4 Å². The van der Waals surface area contributed by atoms with E-state index >= 15 is 0 Å². The quantitative estimate of drug-likeness (QED) is 0.416. The third-order valence-electron chi connectivity index (χ3n) is 11.3. The molecule has 7 rings (SSSR count). The van der Waals surface area contributed by atoms with E-state index in [1.165, 1.54) is 24.6 Å². The number of aliphatic hydroxyl groups excluding tert-OH is 1. The summed E-state index contributed by atoms with van der Waals surface area (Å²) in [6.45, 7) is 4.37. The fraction of sp³-hybridized carbons (Fsp3) is 0.677. The van der Waals surface area contributed by atoms with Gasteiger partial charge in [-0.2, -0.15) is 0 Å². The molecule has 1 N–H and O–H groups in total. The lowest BCUT2D eigenvalue weighted by Crippen LogP contribution is -2.63. The fourth-order valence-electron chi connectivity index (χ4n) is 9.63. The van der Waals surface area contributed by atoms with Crippen LogP contribution in [-0.4, -0.2) is 56.5 Å². The molecule has 0 aromatic carbocycles. The molecule has 39 heavy (non-hydrogen) atoms. The Morgan fingerprint density at radius 1 is 1.18 bits per heavy atom. The molecule has 0 bridgehead atoms. The fourth-order valence-corrected chi connectivity index (χ4v) is 10.4. The minimum absolute atomic E-state index is 0.00336. The first-order valence-electron chi connectivity index (χ1n) is 14.6. The first-order chi connectivity index (χ1) is 18.8. The van der Waals surface area contributed by atoms with Crippen molar-refractivity contribution in [2.24, 2.45) is 34.5 Å². The largest absolute Gasteiger partial charge is 0.393 e. The molecule has 7 nitrogen and oxygen atoms in total. The maximum atomic E-state index is 14.4. The van der Waals surface area contributed by atoms with Crippen LogP contribution < -0.4 is 0 Å². The summed E-state index contributed by atoms with van der Waals surface area (Å²) in [5.41, 5.74) is -0.849. The molecular formula is C31H38N2O5S. The van der Waals surface area contributed by atoms with Crippen LogP contribution in [0.25, 0.3) is 0 Å². The van der Waals surface area contributed by atoms with Crippen LogP contribution >= 0.6 is 11.8 Å². The van der Waals surface area contributed by atoms with E-state index < -0.39 is 17.1 Å². The molecule has 1 saturated heterocycles. The summed E-state index contributed by atoms with van der Waals surface area (Å²) in [7, 11) is 0. The first-order valence-corrected chi connectivity index (χ1v) is 15.6. The highest BCUT2D eigenvalue weighted by atomic mass is 32.2. The van der Waals surface area contributed by atoms with Gasteiger partial charge in [0, 0.05) is 35.1 Å². The van der Waals surface area contributed by atoms with Gasteiger partial charge in [-0.15, -0.1) is 0 Å². The minimum Gasteiger partial charge on any atom is -0.393 e. The summed E-state index contributed by atoms with van der Waals surface area (Å²) in [6, 6.07) is 1.77. The van der Waals surface area contributed by atoms with Crippen molar-refractivity contribution >= 4 is 23.3 Å². The molecule has 1 aromatic rings. The number of aliphatic hydroxyl groups is 1. The average Bonchev–Trinajstić information content (AvgIpc) is 3.63. The summed E-state index contributed by atoms with van der Waals surface area (Å²) in [4.78, 5) is 35.2. The zero-order chi connectivity index (χ0) is 27.0. The van der Waals surface area contributed by atoms with Crippen molar-refractivity contribution in [2.45, 2.75) is 94.5 Å². The van der Waals surface area contributed by atoms with Crippen LogP contribution in [-0.2, 0) is 19.1 Å². The van der Waals surface area contributed by atoms with Crippen molar-refractivity contribution in [2.75, 3.05) is 5.75 Å². The van der Waals surface area contributed by atoms with Gasteiger partial charge in [-0.05, 0) is 68.6 Å². The van der Waals surface area contributed by atoms with E-state index in [1.54, 1.807) is 30.6 Å². The van der Waals surface area contributed by atoms with Gasteiger partial charge in [0.15, 0.2) is 28.6 Å². The van der Waals surface area contributed by atoms with Gasteiger partial charge in [0.2, 0.25) is 0 Å². The SMILES string of the molecule is CC12C=CC(=O)C=C1CCC1C2[C@@H](O)CC2(C)C1C[C@H]1OC(C3CCCC3)O[C@]12C(=O)CSc1ncccn1. The maximum Gasteiger partial charge on any atom is 0.187 e. The first kappa shape index (κ1) is 26.1. The lowest BCUT2D eigenvalue weighted by molar-refractivity contribution is -0.205. The molecule has 5 fully saturated rings. The molecule has 8 heteroatoms. The van der Waals surface area contributed by atoms with Gasteiger partial charge < -0.3 is 14.6 Å². The number of hydrogen-bond acceptors (Lipinski definition) is 8. The number of Topliss-reactive ketones (excluding diaryl/α,β-unsaturated/α-hetero) is 1.